The predicted octanol–water partition coefficient (Wildman–Crippen LogP) is 5.49. The second kappa shape index (κ2) is 4.87. The minimum absolute atomic E-state index is 1.11. The van der Waals surface area contributed by atoms with Crippen LogP contribution < -0.4 is 0 Å². The standard InChI is InChI=1S/C16H14INS/c1-9-6-10(2)8-12(7-9)14-15-13(4-5-18-14)11(3)16(17)19-15/h4-8H,1-3H3. The van der Waals surface area contributed by atoms with Gasteiger partial charge in [-0.1, -0.05) is 17.2 Å². The van der Waals surface area contributed by atoms with Crippen LogP contribution in [0.2, 0.25) is 0 Å². The van der Waals surface area contributed by atoms with E-state index >= 15 is 0 Å². The van der Waals surface area contributed by atoms with Crippen LogP contribution >= 0.6 is 33.9 Å². The fraction of sp³-hybridized carbons (Fsp3) is 0.188. The van der Waals surface area contributed by atoms with Crippen LogP contribution in [-0.4, -0.2) is 4.98 Å². The molecule has 3 rings (SSSR count). The van der Waals surface area contributed by atoms with Crippen LogP contribution in [0.1, 0.15) is 16.7 Å². The zero-order chi connectivity index (χ0) is 13.6. The van der Waals surface area contributed by atoms with Crippen LogP contribution in [0.25, 0.3) is 21.3 Å². The zero-order valence-corrected chi connectivity index (χ0v) is 14.1. The first-order valence-corrected chi connectivity index (χ1v) is 8.08. The molecule has 1 aromatic carbocycles. The lowest BCUT2D eigenvalue weighted by molar-refractivity contribution is 1.33. The fourth-order valence-corrected chi connectivity index (χ4v) is 4.43. The van der Waals surface area contributed by atoms with Gasteiger partial charge in [-0.15, -0.1) is 11.3 Å². The molecule has 0 saturated carbocycles. The van der Waals surface area contributed by atoms with Crippen molar-refractivity contribution in [1.29, 1.82) is 0 Å². The van der Waals surface area contributed by atoms with Crippen molar-refractivity contribution in [3.05, 3.63) is 50.0 Å². The Morgan fingerprint density at radius 2 is 1.74 bits per heavy atom. The van der Waals surface area contributed by atoms with Gasteiger partial charge >= 0.3 is 0 Å². The maximum Gasteiger partial charge on any atom is 0.0880 e. The summed E-state index contributed by atoms with van der Waals surface area (Å²) in [6, 6.07) is 8.76. The van der Waals surface area contributed by atoms with Crippen LogP contribution in [0.3, 0.4) is 0 Å². The monoisotopic (exact) mass is 379 g/mol. The third-order valence-electron chi connectivity index (χ3n) is 3.29. The molecule has 0 spiro atoms. The molecule has 0 atom stereocenters. The fourth-order valence-electron chi connectivity index (χ4n) is 2.44. The number of aromatic nitrogens is 1. The van der Waals surface area contributed by atoms with Crippen molar-refractivity contribution in [2.45, 2.75) is 20.8 Å². The molecule has 1 nitrogen and oxygen atoms in total. The molecule has 0 saturated heterocycles. The largest absolute Gasteiger partial charge is 0.255 e. The highest BCUT2D eigenvalue weighted by Crippen LogP contribution is 2.37. The van der Waals surface area contributed by atoms with E-state index in [1.54, 1.807) is 0 Å². The highest BCUT2D eigenvalue weighted by Gasteiger charge is 2.12. The van der Waals surface area contributed by atoms with E-state index in [1.807, 2.05) is 17.5 Å². The van der Waals surface area contributed by atoms with Gasteiger partial charge in [0.05, 0.1) is 13.3 Å². The Kier molecular flexibility index (Phi) is 3.35. The normalized spacial score (nSPS) is 11.2. The van der Waals surface area contributed by atoms with E-state index in [4.69, 9.17) is 0 Å². The topological polar surface area (TPSA) is 12.9 Å². The highest BCUT2D eigenvalue weighted by atomic mass is 127. The van der Waals surface area contributed by atoms with Gasteiger partial charge in [-0.3, -0.25) is 4.98 Å². The number of pyridine rings is 1. The molecule has 0 unspecified atom stereocenters. The minimum atomic E-state index is 1.11. The summed E-state index contributed by atoms with van der Waals surface area (Å²) in [5, 5.41) is 1.33. The van der Waals surface area contributed by atoms with E-state index in [0.29, 0.717) is 0 Å². The molecular formula is C16H14INS. The molecule has 0 aliphatic carbocycles. The molecule has 2 aromatic heterocycles. The number of hydrogen-bond acceptors (Lipinski definition) is 2. The second-order valence-corrected chi connectivity index (χ2v) is 7.74. The Morgan fingerprint density at radius 1 is 1.05 bits per heavy atom. The summed E-state index contributed by atoms with van der Waals surface area (Å²) in [5.41, 5.74) is 6.28. The molecule has 0 N–H and O–H groups in total. The summed E-state index contributed by atoms with van der Waals surface area (Å²) in [5.74, 6) is 0. The maximum absolute atomic E-state index is 4.62. The zero-order valence-electron chi connectivity index (χ0n) is 11.1. The number of halogens is 1. The van der Waals surface area contributed by atoms with Crippen LogP contribution in [0.4, 0.5) is 0 Å². The summed E-state index contributed by atoms with van der Waals surface area (Å²) in [7, 11) is 0. The van der Waals surface area contributed by atoms with E-state index in [1.165, 1.54) is 35.2 Å². The number of thiophene rings is 1. The van der Waals surface area contributed by atoms with Crippen molar-refractivity contribution >= 4 is 44.0 Å². The van der Waals surface area contributed by atoms with Gasteiger partial charge < -0.3 is 0 Å². The molecule has 3 heteroatoms. The maximum atomic E-state index is 4.62. The number of benzene rings is 1. The summed E-state index contributed by atoms with van der Waals surface area (Å²) < 4.78 is 2.65. The van der Waals surface area contributed by atoms with E-state index < -0.39 is 0 Å². The SMILES string of the molecule is Cc1cc(C)cc(-c2nccc3c(C)c(I)sc23)c1. The highest BCUT2D eigenvalue weighted by molar-refractivity contribution is 14.1. The Morgan fingerprint density at radius 3 is 2.42 bits per heavy atom. The summed E-state index contributed by atoms with van der Waals surface area (Å²) in [4.78, 5) is 4.62. The number of fused-ring (bicyclic) bond motifs is 1. The average molecular weight is 379 g/mol. The van der Waals surface area contributed by atoms with Crippen molar-refractivity contribution < 1.29 is 0 Å². The predicted molar refractivity (Wildman–Crippen MR) is 92.0 cm³/mol. The van der Waals surface area contributed by atoms with Gasteiger partial charge in [0.2, 0.25) is 0 Å². The van der Waals surface area contributed by atoms with Gasteiger partial charge in [-0.2, -0.15) is 0 Å². The summed E-state index contributed by atoms with van der Waals surface area (Å²) in [6.45, 7) is 6.46. The van der Waals surface area contributed by atoms with Gasteiger partial charge in [0.15, 0.2) is 0 Å². The van der Waals surface area contributed by atoms with E-state index in [0.717, 1.165) is 5.69 Å². The lowest BCUT2D eigenvalue weighted by atomic mass is 10.0. The Bertz CT molecular complexity index is 754. The molecule has 0 fully saturated rings. The molecule has 2 heterocycles. The van der Waals surface area contributed by atoms with Crippen molar-refractivity contribution in [2.75, 3.05) is 0 Å². The van der Waals surface area contributed by atoms with Crippen LogP contribution in [0.5, 0.6) is 0 Å². The van der Waals surface area contributed by atoms with Crippen molar-refractivity contribution in [3.63, 3.8) is 0 Å². The van der Waals surface area contributed by atoms with Gasteiger partial charge in [0.25, 0.3) is 0 Å². The number of rotatable bonds is 1. The van der Waals surface area contributed by atoms with Crippen LogP contribution in [0, 0.1) is 23.7 Å². The minimum Gasteiger partial charge on any atom is -0.255 e. The average Bonchev–Trinajstić information content (AvgIpc) is 2.64. The van der Waals surface area contributed by atoms with E-state index in [-0.39, 0.29) is 0 Å². The first-order chi connectivity index (χ1) is 9.06. The van der Waals surface area contributed by atoms with Gasteiger partial charge in [0.1, 0.15) is 0 Å². The molecule has 19 heavy (non-hydrogen) atoms. The molecule has 0 bridgehead atoms. The van der Waals surface area contributed by atoms with Gasteiger partial charge in [0, 0.05) is 17.1 Å². The molecule has 0 amide bonds. The summed E-state index contributed by atoms with van der Waals surface area (Å²) in [6.07, 6.45) is 1.92. The first-order valence-electron chi connectivity index (χ1n) is 6.18. The number of aryl methyl sites for hydroxylation is 3. The Labute approximate surface area is 130 Å². The molecule has 0 radical (unpaired) electrons. The second-order valence-electron chi connectivity index (χ2n) is 4.91. The quantitative estimate of drug-likeness (QED) is 0.510. The third-order valence-corrected chi connectivity index (χ3v) is 5.86. The number of hydrogen-bond donors (Lipinski definition) is 0. The molecule has 0 aliphatic rings. The molecular weight excluding hydrogens is 365 g/mol. The molecule has 3 aromatic rings. The van der Waals surface area contributed by atoms with Gasteiger partial charge in [-0.25, -0.2) is 0 Å². The molecule has 96 valence electrons. The van der Waals surface area contributed by atoms with Crippen molar-refractivity contribution in [1.82, 2.24) is 4.98 Å². The van der Waals surface area contributed by atoms with Crippen molar-refractivity contribution in [2.24, 2.45) is 0 Å². The van der Waals surface area contributed by atoms with Crippen LogP contribution in [-0.2, 0) is 0 Å². The van der Waals surface area contributed by atoms with Gasteiger partial charge in [-0.05, 0) is 67.1 Å². The Hall–Kier alpha value is -0.940. The first kappa shape index (κ1) is 13.1. The van der Waals surface area contributed by atoms with E-state index in [9.17, 15) is 0 Å². The van der Waals surface area contributed by atoms with Crippen molar-refractivity contribution in [3.8, 4) is 11.3 Å². The van der Waals surface area contributed by atoms with Crippen LogP contribution in [0.15, 0.2) is 30.5 Å². The third kappa shape index (κ3) is 2.30. The lowest BCUT2D eigenvalue weighted by Crippen LogP contribution is -1.86. The molecule has 0 aliphatic heterocycles. The number of nitrogens with zero attached hydrogens (tertiary/aromatic N) is 1. The smallest absolute Gasteiger partial charge is 0.0880 e. The lowest BCUT2D eigenvalue weighted by Gasteiger charge is -2.05. The summed E-state index contributed by atoms with van der Waals surface area (Å²) >= 11 is 4.25. The van der Waals surface area contributed by atoms with E-state index in [2.05, 4.69) is 72.6 Å². The Balaban J connectivity index is 2.33.